The number of nitrogens with one attached hydrogen (secondary N) is 5. The molecular weight excluding hydrogens is 777 g/mol. The smallest absolute Gasteiger partial charge is 0.255 e. The van der Waals surface area contributed by atoms with Gasteiger partial charge < -0.3 is 40.4 Å². The summed E-state index contributed by atoms with van der Waals surface area (Å²) in [5.74, 6) is -0.406. The Bertz CT molecular complexity index is 1870. The molecule has 2 fully saturated rings. The minimum atomic E-state index is -0.703. The summed E-state index contributed by atoms with van der Waals surface area (Å²) < 4.78 is 17.0. The molecule has 5 amide bonds. The summed E-state index contributed by atoms with van der Waals surface area (Å²) in [4.78, 5) is 73.7. The molecule has 0 spiro atoms. The lowest BCUT2D eigenvalue weighted by Gasteiger charge is -2.35. The average molecular weight is 833 g/mol. The molecule has 318 valence electrons. The van der Waals surface area contributed by atoms with E-state index in [4.69, 9.17) is 19.2 Å². The van der Waals surface area contributed by atoms with Gasteiger partial charge in [0.25, 0.3) is 5.91 Å². The summed E-state index contributed by atoms with van der Waals surface area (Å²) in [7, 11) is 0. The highest BCUT2D eigenvalue weighted by Gasteiger charge is 2.41. The first-order valence-corrected chi connectivity index (χ1v) is 21.6. The van der Waals surface area contributed by atoms with E-state index in [1.807, 2.05) is 23.6 Å². The third-order valence-corrected chi connectivity index (χ3v) is 11.5. The average Bonchev–Trinajstić information content (AvgIpc) is 3.87. The lowest BCUT2D eigenvalue weighted by molar-refractivity contribution is -0.137. The highest BCUT2D eigenvalue weighted by atomic mass is 32.1. The van der Waals surface area contributed by atoms with Gasteiger partial charge in [0, 0.05) is 73.0 Å². The molecule has 0 bridgehead atoms. The molecule has 0 radical (unpaired) electrons. The Kier molecular flexibility index (Phi) is 16.7. The van der Waals surface area contributed by atoms with Gasteiger partial charge in [-0.15, -0.1) is 11.3 Å². The number of piperidine rings is 1. The molecule has 17 heteroatoms. The van der Waals surface area contributed by atoms with Crippen LogP contribution in [-0.2, 0) is 46.4 Å². The van der Waals surface area contributed by atoms with Crippen LogP contribution in [0.1, 0.15) is 85.8 Å². The number of fused-ring (bicyclic) bond motifs is 1. The van der Waals surface area contributed by atoms with E-state index in [9.17, 15) is 24.0 Å². The molecule has 5 N–H and O–H groups in total. The Morgan fingerprint density at radius 3 is 2.42 bits per heavy atom. The summed E-state index contributed by atoms with van der Waals surface area (Å²) in [5, 5.41) is 17.6. The number of carbonyl (C=O) groups is 5. The van der Waals surface area contributed by atoms with E-state index in [1.54, 1.807) is 24.4 Å². The van der Waals surface area contributed by atoms with Gasteiger partial charge in [-0.1, -0.05) is 31.4 Å². The molecule has 1 unspecified atom stereocenters. The van der Waals surface area contributed by atoms with Gasteiger partial charge in [-0.05, 0) is 62.9 Å². The van der Waals surface area contributed by atoms with Gasteiger partial charge in [0.15, 0.2) is 5.13 Å². The number of carbonyl (C=O) groups excluding carboxylic acids is 5. The summed E-state index contributed by atoms with van der Waals surface area (Å²) in [5.41, 5.74) is 2.15. The van der Waals surface area contributed by atoms with Crippen molar-refractivity contribution in [1.29, 1.82) is 0 Å². The van der Waals surface area contributed by atoms with Gasteiger partial charge in [-0.2, -0.15) is 0 Å². The van der Waals surface area contributed by atoms with Gasteiger partial charge in [0.05, 0.1) is 45.1 Å². The van der Waals surface area contributed by atoms with E-state index in [1.165, 1.54) is 16.2 Å². The highest BCUT2D eigenvalue weighted by molar-refractivity contribution is 7.13. The lowest BCUT2D eigenvalue weighted by atomic mass is 9.70. The molecule has 6 rings (SSSR count). The Morgan fingerprint density at radius 2 is 1.66 bits per heavy atom. The molecule has 16 nitrogen and oxygen atoms in total. The van der Waals surface area contributed by atoms with Crippen molar-refractivity contribution in [2.75, 3.05) is 69.9 Å². The minimum absolute atomic E-state index is 0.0713. The fourth-order valence-electron chi connectivity index (χ4n) is 7.79. The van der Waals surface area contributed by atoms with Crippen LogP contribution >= 0.6 is 11.3 Å². The first kappa shape index (κ1) is 43.8. The van der Waals surface area contributed by atoms with Crippen molar-refractivity contribution in [3.8, 4) is 0 Å². The Labute approximate surface area is 348 Å². The molecule has 3 aromatic rings. The number of imide groups is 1. The van der Waals surface area contributed by atoms with Crippen molar-refractivity contribution in [2.45, 2.75) is 83.2 Å². The van der Waals surface area contributed by atoms with Crippen molar-refractivity contribution in [3.05, 3.63) is 64.8 Å². The number of thiazole rings is 1. The van der Waals surface area contributed by atoms with Crippen molar-refractivity contribution < 1.29 is 38.2 Å². The number of ether oxygens (including phenoxy) is 3. The standard InChI is InChI=1S/C42H56N8O8S/c51-36(47-33-10-7-9-31-32(33)29-50(39(31)54)34-13-14-37(52)49-38(34)53)12-2-5-17-43-18-21-56-23-25-58-26-24-57-22-19-44-40(55)42(15-3-1-4-16-42)28-30-8-6-11-35(46-30)48-41-45-20-27-59-41/h6-11,20,27,34,43H,1-5,12-19,21-26,28-29H2,(H,44,55)(H,47,51)(H,45,46,48)(H,49,52,53). The largest absolute Gasteiger partial charge is 0.378 e. The Hall–Kier alpha value is -4.81. The third-order valence-electron chi connectivity index (χ3n) is 10.8. The van der Waals surface area contributed by atoms with Crippen LogP contribution in [0.25, 0.3) is 0 Å². The lowest BCUT2D eigenvalue weighted by Crippen LogP contribution is -2.52. The number of nitrogens with zero attached hydrogens (tertiary/aromatic N) is 3. The van der Waals surface area contributed by atoms with Gasteiger partial charge in [-0.3, -0.25) is 29.3 Å². The fourth-order valence-corrected chi connectivity index (χ4v) is 8.32. The maximum absolute atomic E-state index is 13.5. The van der Waals surface area contributed by atoms with Crippen molar-refractivity contribution in [3.63, 3.8) is 0 Å². The number of pyridine rings is 1. The predicted octanol–water partition coefficient (Wildman–Crippen LogP) is 4.10. The quantitative estimate of drug-likeness (QED) is 0.0640. The fraction of sp³-hybridized carbons (Fsp3) is 0.548. The molecule has 2 aromatic heterocycles. The molecule has 1 saturated heterocycles. The topological polar surface area (TPSA) is 202 Å². The zero-order valence-corrected chi connectivity index (χ0v) is 34.4. The van der Waals surface area contributed by atoms with Crippen molar-refractivity contribution in [2.24, 2.45) is 5.41 Å². The van der Waals surface area contributed by atoms with Crippen molar-refractivity contribution in [1.82, 2.24) is 30.8 Å². The molecule has 4 heterocycles. The van der Waals surface area contributed by atoms with Crippen LogP contribution < -0.4 is 26.6 Å². The first-order chi connectivity index (χ1) is 28.8. The number of unbranched alkanes of at least 4 members (excludes halogenated alkanes) is 1. The summed E-state index contributed by atoms with van der Waals surface area (Å²) in [6, 6.07) is 10.3. The van der Waals surface area contributed by atoms with E-state index in [0.717, 1.165) is 61.7 Å². The van der Waals surface area contributed by atoms with E-state index in [2.05, 4.69) is 31.6 Å². The maximum Gasteiger partial charge on any atom is 0.255 e. The molecule has 2 aliphatic heterocycles. The summed E-state index contributed by atoms with van der Waals surface area (Å²) in [6.07, 6.45) is 9.57. The van der Waals surface area contributed by atoms with E-state index in [-0.39, 0.29) is 43.0 Å². The Morgan fingerprint density at radius 1 is 0.898 bits per heavy atom. The number of anilines is 3. The molecule has 1 saturated carbocycles. The number of amides is 5. The zero-order chi connectivity index (χ0) is 41.3. The molecule has 1 aliphatic carbocycles. The summed E-state index contributed by atoms with van der Waals surface area (Å²) >= 11 is 1.52. The SMILES string of the molecule is O=C1CCC(N2Cc3c(NC(=O)CCCCNCCOCCOCCOCCNC(=O)C4(Cc5cccc(Nc6nccs6)n5)CCCCC4)cccc3C2=O)C(=O)N1. The van der Waals surface area contributed by atoms with Gasteiger partial charge >= 0.3 is 0 Å². The minimum Gasteiger partial charge on any atom is -0.378 e. The molecule has 1 atom stereocenters. The monoisotopic (exact) mass is 832 g/mol. The van der Waals surface area contributed by atoms with E-state index in [0.29, 0.717) is 88.8 Å². The zero-order valence-electron chi connectivity index (χ0n) is 33.6. The van der Waals surface area contributed by atoms with Gasteiger partial charge in [-0.25, -0.2) is 9.97 Å². The summed E-state index contributed by atoms with van der Waals surface area (Å²) in [6.45, 7) is 4.83. The molecular formula is C42H56N8O8S. The van der Waals surface area contributed by atoms with E-state index >= 15 is 0 Å². The number of hydrogen-bond donors (Lipinski definition) is 5. The second-order valence-corrected chi connectivity index (χ2v) is 16.0. The van der Waals surface area contributed by atoms with Gasteiger partial charge in [0.2, 0.25) is 23.6 Å². The van der Waals surface area contributed by atoms with Crippen LogP contribution in [0.4, 0.5) is 16.6 Å². The molecule has 3 aliphatic rings. The second kappa shape index (κ2) is 22.5. The number of hydrogen-bond acceptors (Lipinski definition) is 13. The van der Waals surface area contributed by atoms with Crippen LogP contribution in [0.15, 0.2) is 48.0 Å². The normalized spacial score (nSPS) is 17.4. The second-order valence-electron chi connectivity index (χ2n) is 15.1. The number of rotatable bonds is 24. The van der Waals surface area contributed by atoms with Crippen LogP contribution in [0.3, 0.4) is 0 Å². The third kappa shape index (κ3) is 12.8. The van der Waals surface area contributed by atoms with Crippen LogP contribution in [-0.4, -0.2) is 110 Å². The van der Waals surface area contributed by atoms with Gasteiger partial charge in [0.1, 0.15) is 11.9 Å². The van der Waals surface area contributed by atoms with Crippen molar-refractivity contribution >= 4 is 57.5 Å². The maximum atomic E-state index is 13.5. The number of aromatic nitrogens is 2. The Balaban J connectivity index is 0.748. The molecule has 1 aromatic carbocycles. The molecule has 59 heavy (non-hydrogen) atoms. The predicted molar refractivity (Wildman–Crippen MR) is 222 cm³/mol. The van der Waals surface area contributed by atoms with Crippen LogP contribution in [0.2, 0.25) is 0 Å². The van der Waals surface area contributed by atoms with Crippen LogP contribution in [0.5, 0.6) is 0 Å². The number of benzene rings is 1. The van der Waals surface area contributed by atoms with E-state index < -0.39 is 17.4 Å². The first-order valence-electron chi connectivity index (χ1n) is 20.7. The highest BCUT2D eigenvalue weighted by Crippen LogP contribution is 2.39. The van der Waals surface area contributed by atoms with Crippen LogP contribution in [0, 0.1) is 5.41 Å².